The van der Waals surface area contributed by atoms with Gasteiger partial charge in [0.25, 0.3) is 0 Å². The average Bonchev–Trinajstić information content (AvgIpc) is 2.83. The number of aliphatic hydroxyl groups excluding tert-OH is 1. The van der Waals surface area contributed by atoms with E-state index in [2.05, 4.69) is 4.98 Å². The molecule has 3 N–H and O–H groups in total. The second-order valence-corrected chi connectivity index (χ2v) is 3.50. The monoisotopic (exact) mass is 211 g/mol. The van der Waals surface area contributed by atoms with Gasteiger partial charge in [-0.2, -0.15) is 4.98 Å². The molecule has 1 aromatic heterocycles. The highest BCUT2D eigenvalue weighted by Gasteiger charge is 2.49. The highest BCUT2D eigenvalue weighted by molar-refractivity contribution is 5.49. The Labute approximate surface area is 84.7 Å². The molecule has 0 radical (unpaired) electrons. The van der Waals surface area contributed by atoms with Gasteiger partial charge in [0, 0.05) is 18.8 Å². The summed E-state index contributed by atoms with van der Waals surface area (Å²) in [7, 11) is 0. The summed E-state index contributed by atoms with van der Waals surface area (Å²) in [5.74, 6) is 0.124. The molecule has 1 unspecified atom stereocenters. The quantitative estimate of drug-likeness (QED) is 0.708. The van der Waals surface area contributed by atoms with Crippen LogP contribution in [0.5, 0.6) is 0 Å². The summed E-state index contributed by atoms with van der Waals surface area (Å²) in [6.07, 6.45) is 2.90. The lowest BCUT2D eigenvalue weighted by atomic mass is 10.4. The summed E-state index contributed by atoms with van der Waals surface area (Å²) in [4.78, 5) is 14.7. The number of aromatic nitrogens is 2. The molecule has 0 spiro atoms. The molecule has 15 heavy (non-hydrogen) atoms. The van der Waals surface area contributed by atoms with Crippen molar-refractivity contribution >= 4 is 12.0 Å². The number of hydrogen-bond acceptors (Lipinski definition) is 4. The van der Waals surface area contributed by atoms with Crippen LogP contribution in [-0.2, 0) is 0 Å². The number of rotatable bonds is 2. The van der Waals surface area contributed by atoms with Crippen LogP contribution in [0.1, 0.15) is 6.42 Å². The van der Waals surface area contributed by atoms with Crippen LogP contribution < -0.4 is 11.4 Å². The van der Waals surface area contributed by atoms with Gasteiger partial charge in [0.1, 0.15) is 5.82 Å². The van der Waals surface area contributed by atoms with E-state index in [4.69, 9.17) is 10.8 Å². The molecule has 1 atom stereocenters. The maximum absolute atomic E-state index is 13.3. The van der Waals surface area contributed by atoms with E-state index in [0.29, 0.717) is 5.57 Å². The Balaban J connectivity index is 2.31. The highest BCUT2D eigenvalue weighted by Crippen LogP contribution is 2.46. The zero-order valence-corrected chi connectivity index (χ0v) is 7.85. The fourth-order valence-electron chi connectivity index (χ4n) is 1.27. The van der Waals surface area contributed by atoms with Gasteiger partial charge in [-0.1, -0.05) is 0 Å². The van der Waals surface area contributed by atoms with Gasteiger partial charge in [0.05, 0.1) is 6.61 Å². The molecule has 2 rings (SSSR count). The number of halogens is 1. The summed E-state index contributed by atoms with van der Waals surface area (Å²) in [5, 5.41) is 8.69. The fourth-order valence-corrected chi connectivity index (χ4v) is 1.27. The third-order valence-electron chi connectivity index (χ3n) is 2.32. The van der Waals surface area contributed by atoms with Crippen molar-refractivity contribution < 1.29 is 9.50 Å². The van der Waals surface area contributed by atoms with Crippen LogP contribution in [0.3, 0.4) is 0 Å². The Hall–Kier alpha value is -1.69. The van der Waals surface area contributed by atoms with Gasteiger partial charge < -0.3 is 10.8 Å². The summed E-state index contributed by atoms with van der Waals surface area (Å²) in [6.45, 7) is -0.560. The molecule has 1 aliphatic carbocycles. The van der Waals surface area contributed by atoms with Gasteiger partial charge in [0.2, 0.25) is 0 Å². The second kappa shape index (κ2) is 3.16. The summed E-state index contributed by atoms with van der Waals surface area (Å²) in [6, 6.07) is 1.44. The van der Waals surface area contributed by atoms with Crippen molar-refractivity contribution in [3.8, 4) is 0 Å². The highest BCUT2D eigenvalue weighted by atomic mass is 19.1. The standard InChI is InChI=1S/C9H10FN3O2/c10-9(5-14)3-6(9)4-13-2-1-7(11)12-8(13)15/h1-2,4,14H,3,5H2,(H2,11,12,15). The number of aliphatic hydroxyl groups is 1. The third-order valence-corrected chi connectivity index (χ3v) is 2.32. The Kier molecular flexibility index (Phi) is 2.08. The SMILES string of the molecule is Nc1ccn(C=C2CC2(F)CO)c(=O)n1. The molecule has 1 heterocycles. The van der Waals surface area contributed by atoms with Crippen LogP contribution in [-0.4, -0.2) is 26.9 Å². The first-order valence-corrected chi connectivity index (χ1v) is 4.41. The van der Waals surface area contributed by atoms with Crippen molar-refractivity contribution in [3.63, 3.8) is 0 Å². The lowest BCUT2D eigenvalue weighted by molar-refractivity contribution is 0.170. The van der Waals surface area contributed by atoms with E-state index >= 15 is 0 Å². The molecule has 0 saturated heterocycles. The van der Waals surface area contributed by atoms with E-state index in [1.165, 1.54) is 18.5 Å². The molecule has 6 heteroatoms. The number of anilines is 1. The molecule has 0 bridgehead atoms. The molecule has 1 saturated carbocycles. The van der Waals surface area contributed by atoms with Crippen molar-refractivity contribution in [2.75, 3.05) is 12.3 Å². The van der Waals surface area contributed by atoms with E-state index in [1.807, 2.05) is 0 Å². The molecule has 1 fully saturated rings. The second-order valence-electron chi connectivity index (χ2n) is 3.50. The third kappa shape index (κ3) is 1.75. The van der Waals surface area contributed by atoms with Crippen LogP contribution in [0, 0.1) is 0 Å². The fraction of sp³-hybridized carbons (Fsp3) is 0.333. The summed E-state index contributed by atoms with van der Waals surface area (Å²) in [5.41, 5.74) is 3.47. The van der Waals surface area contributed by atoms with Crippen molar-refractivity contribution in [1.29, 1.82) is 0 Å². The number of nitrogen functional groups attached to an aromatic ring is 1. The molecule has 0 aromatic carbocycles. The lowest BCUT2D eigenvalue weighted by Gasteiger charge is -1.98. The van der Waals surface area contributed by atoms with Gasteiger partial charge >= 0.3 is 5.69 Å². The van der Waals surface area contributed by atoms with Crippen LogP contribution in [0.4, 0.5) is 10.2 Å². The number of alkyl halides is 1. The minimum absolute atomic E-state index is 0.124. The van der Waals surface area contributed by atoms with Gasteiger partial charge in [-0.15, -0.1) is 0 Å². The van der Waals surface area contributed by atoms with E-state index in [0.717, 1.165) is 4.57 Å². The van der Waals surface area contributed by atoms with Gasteiger partial charge in [-0.3, -0.25) is 4.57 Å². The summed E-state index contributed by atoms with van der Waals surface area (Å²) >= 11 is 0. The first-order valence-electron chi connectivity index (χ1n) is 4.41. The van der Waals surface area contributed by atoms with Crippen molar-refractivity contribution in [1.82, 2.24) is 9.55 Å². The van der Waals surface area contributed by atoms with E-state index in [1.54, 1.807) is 0 Å². The average molecular weight is 211 g/mol. The molecule has 0 amide bonds. The normalized spacial score (nSPS) is 26.9. The topological polar surface area (TPSA) is 81.1 Å². The predicted molar refractivity (Wildman–Crippen MR) is 52.7 cm³/mol. The smallest absolute Gasteiger partial charge is 0.353 e. The van der Waals surface area contributed by atoms with Crippen LogP contribution in [0.15, 0.2) is 22.6 Å². The van der Waals surface area contributed by atoms with Crippen LogP contribution >= 0.6 is 0 Å². The zero-order valence-electron chi connectivity index (χ0n) is 7.85. The van der Waals surface area contributed by atoms with Gasteiger partial charge in [-0.05, 0) is 11.6 Å². The predicted octanol–water partition coefficient (Wildman–Crippen LogP) is -0.229. The molecule has 5 nitrogen and oxygen atoms in total. The Morgan fingerprint density at radius 3 is 3.07 bits per heavy atom. The Morgan fingerprint density at radius 2 is 2.53 bits per heavy atom. The number of hydrogen-bond donors (Lipinski definition) is 2. The van der Waals surface area contributed by atoms with E-state index in [9.17, 15) is 9.18 Å². The minimum Gasteiger partial charge on any atom is -0.393 e. The van der Waals surface area contributed by atoms with Crippen LogP contribution in [0.25, 0.3) is 6.20 Å². The maximum atomic E-state index is 13.3. The maximum Gasteiger partial charge on any atom is 0.353 e. The van der Waals surface area contributed by atoms with Crippen molar-refractivity contribution in [3.05, 3.63) is 28.3 Å². The molecule has 80 valence electrons. The largest absolute Gasteiger partial charge is 0.393 e. The van der Waals surface area contributed by atoms with Gasteiger partial charge in [0.15, 0.2) is 5.67 Å². The van der Waals surface area contributed by atoms with Gasteiger partial charge in [-0.25, -0.2) is 9.18 Å². The molecule has 0 aliphatic heterocycles. The minimum atomic E-state index is -1.65. The number of nitrogens with two attached hydrogens (primary N) is 1. The van der Waals surface area contributed by atoms with E-state index < -0.39 is 18.0 Å². The molecule has 1 aromatic rings. The van der Waals surface area contributed by atoms with Crippen LogP contribution in [0.2, 0.25) is 0 Å². The Morgan fingerprint density at radius 1 is 1.80 bits per heavy atom. The molecule has 1 aliphatic rings. The number of nitrogens with zero attached hydrogens (tertiary/aromatic N) is 2. The molecular weight excluding hydrogens is 201 g/mol. The Bertz CT molecular complexity index is 482. The van der Waals surface area contributed by atoms with Crippen molar-refractivity contribution in [2.45, 2.75) is 12.1 Å². The summed E-state index contributed by atoms with van der Waals surface area (Å²) < 4.78 is 14.5. The zero-order chi connectivity index (χ0) is 11.1. The first kappa shape index (κ1) is 9.85. The van der Waals surface area contributed by atoms with E-state index in [-0.39, 0.29) is 12.2 Å². The molecular formula is C9H10FN3O2. The van der Waals surface area contributed by atoms with Crippen molar-refractivity contribution in [2.24, 2.45) is 0 Å². The lowest BCUT2D eigenvalue weighted by Crippen LogP contribution is -2.19. The first-order chi connectivity index (χ1) is 7.05.